The summed E-state index contributed by atoms with van der Waals surface area (Å²) in [6.45, 7) is 10.4. The summed E-state index contributed by atoms with van der Waals surface area (Å²) >= 11 is 0. The van der Waals surface area contributed by atoms with Crippen molar-refractivity contribution in [3.63, 3.8) is 0 Å². The zero-order valence-corrected chi connectivity index (χ0v) is 12.7. The second-order valence-corrected chi connectivity index (χ2v) is 5.94. The highest BCUT2D eigenvalue weighted by molar-refractivity contribution is 5.33. The molecule has 1 aromatic heterocycles. The average molecular weight is 299 g/mol. The van der Waals surface area contributed by atoms with Crippen LogP contribution < -0.4 is 26.4 Å². The third kappa shape index (κ3) is 3.98. The highest BCUT2D eigenvalue weighted by Gasteiger charge is 2.24. The molecule has 17 heavy (non-hydrogen) atoms. The van der Waals surface area contributed by atoms with Gasteiger partial charge in [-0.25, -0.2) is 4.57 Å². The predicted octanol–water partition coefficient (Wildman–Crippen LogP) is -0.376. The molecular weight excluding hydrogens is 276 g/mol. The molecule has 1 fully saturated rings. The summed E-state index contributed by atoms with van der Waals surface area (Å²) in [5.74, 6) is 1.38. The van der Waals surface area contributed by atoms with Crippen LogP contribution in [-0.2, 0) is 6.54 Å². The molecule has 2 nitrogen and oxygen atoms in total. The lowest BCUT2D eigenvalue weighted by molar-refractivity contribution is -0.696. The van der Waals surface area contributed by atoms with Gasteiger partial charge in [0.05, 0.1) is 25.8 Å². The van der Waals surface area contributed by atoms with Crippen molar-refractivity contribution in [2.45, 2.75) is 40.2 Å². The van der Waals surface area contributed by atoms with Gasteiger partial charge < -0.3 is 17.0 Å². The van der Waals surface area contributed by atoms with E-state index in [0.29, 0.717) is 5.41 Å². The predicted molar refractivity (Wildman–Crippen MR) is 67.5 cm³/mol. The van der Waals surface area contributed by atoms with Crippen molar-refractivity contribution in [1.29, 1.82) is 0 Å². The smallest absolute Gasteiger partial charge is 0.276 e. The number of aromatic nitrogens is 1. The van der Waals surface area contributed by atoms with Crippen LogP contribution in [0.3, 0.4) is 0 Å². The monoisotopic (exact) mass is 298 g/mol. The summed E-state index contributed by atoms with van der Waals surface area (Å²) in [7, 11) is 0. The Labute approximate surface area is 115 Å². The lowest BCUT2D eigenvalue weighted by Crippen LogP contribution is -3.00. The van der Waals surface area contributed by atoms with Crippen molar-refractivity contribution in [1.82, 2.24) is 0 Å². The van der Waals surface area contributed by atoms with E-state index in [9.17, 15) is 0 Å². The van der Waals surface area contributed by atoms with Crippen molar-refractivity contribution in [2.75, 3.05) is 18.0 Å². The van der Waals surface area contributed by atoms with E-state index in [1.165, 1.54) is 31.7 Å². The number of anilines is 1. The average Bonchev–Trinajstić information content (AvgIpc) is 2.69. The van der Waals surface area contributed by atoms with Crippen molar-refractivity contribution < 1.29 is 21.5 Å². The minimum Gasteiger partial charge on any atom is -1.00 e. The number of rotatable bonds is 2. The topological polar surface area (TPSA) is 7.12 Å². The van der Waals surface area contributed by atoms with Crippen LogP contribution in [0.25, 0.3) is 0 Å². The number of pyridine rings is 1. The van der Waals surface area contributed by atoms with Gasteiger partial charge >= 0.3 is 0 Å². The van der Waals surface area contributed by atoms with E-state index < -0.39 is 0 Å². The molecule has 1 aliphatic rings. The molecule has 0 radical (unpaired) electrons. The number of halogens is 1. The van der Waals surface area contributed by atoms with Crippen molar-refractivity contribution >= 4 is 5.82 Å². The first-order valence-corrected chi connectivity index (χ1v) is 6.30. The molecule has 0 saturated carbocycles. The van der Waals surface area contributed by atoms with Gasteiger partial charge in [0, 0.05) is 6.07 Å². The summed E-state index contributed by atoms with van der Waals surface area (Å²) in [6.07, 6.45) is 4.88. The van der Waals surface area contributed by atoms with Gasteiger partial charge in [-0.15, -0.1) is 0 Å². The summed E-state index contributed by atoms with van der Waals surface area (Å²) < 4.78 is 2.39. The van der Waals surface area contributed by atoms with Crippen LogP contribution in [0.1, 0.15) is 33.6 Å². The van der Waals surface area contributed by atoms with Crippen LogP contribution in [-0.4, -0.2) is 13.1 Å². The fraction of sp³-hybridized carbons (Fsp3) is 0.643. The number of hydrogen-bond acceptors (Lipinski definition) is 1. The van der Waals surface area contributed by atoms with Crippen LogP contribution in [0.2, 0.25) is 0 Å². The standard InChI is InChI=1S/C14H23N2.BrH/c1-14(2,3)12-16-11-5-4-8-13(16)15-9-6-7-10-15;/h4-5,8,11H,6-7,9-10,12H2,1-3H3;1H/q+1;/p-1. The molecule has 1 aromatic rings. The van der Waals surface area contributed by atoms with E-state index in [4.69, 9.17) is 0 Å². The Morgan fingerprint density at radius 2 is 1.82 bits per heavy atom. The minimum absolute atomic E-state index is 0. The van der Waals surface area contributed by atoms with E-state index >= 15 is 0 Å². The van der Waals surface area contributed by atoms with E-state index in [0.717, 1.165) is 6.54 Å². The molecule has 3 heteroatoms. The third-order valence-corrected chi connectivity index (χ3v) is 2.99. The fourth-order valence-electron chi connectivity index (χ4n) is 2.35. The van der Waals surface area contributed by atoms with Gasteiger partial charge in [0.1, 0.15) is 0 Å². The molecule has 0 bridgehead atoms. The van der Waals surface area contributed by atoms with Gasteiger partial charge in [-0.3, -0.25) is 4.90 Å². The van der Waals surface area contributed by atoms with Crippen LogP contribution in [0.15, 0.2) is 24.4 Å². The Kier molecular flexibility index (Phi) is 4.99. The second-order valence-electron chi connectivity index (χ2n) is 5.94. The van der Waals surface area contributed by atoms with E-state index in [1.807, 2.05) is 0 Å². The maximum Gasteiger partial charge on any atom is 0.276 e. The maximum absolute atomic E-state index is 2.51. The molecule has 2 heterocycles. The Morgan fingerprint density at radius 3 is 2.41 bits per heavy atom. The van der Waals surface area contributed by atoms with E-state index in [1.54, 1.807) is 0 Å². The molecular formula is C14H23BrN2. The molecule has 0 unspecified atom stereocenters. The highest BCUT2D eigenvalue weighted by Crippen LogP contribution is 2.18. The van der Waals surface area contributed by atoms with Crippen LogP contribution in [0.4, 0.5) is 5.82 Å². The van der Waals surface area contributed by atoms with Gasteiger partial charge in [-0.05, 0) is 24.3 Å². The van der Waals surface area contributed by atoms with Gasteiger partial charge in [0.25, 0.3) is 5.82 Å². The van der Waals surface area contributed by atoms with Crippen LogP contribution in [0.5, 0.6) is 0 Å². The van der Waals surface area contributed by atoms with Gasteiger partial charge in [0.15, 0.2) is 0 Å². The molecule has 0 amide bonds. The lowest BCUT2D eigenvalue weighted by atomic mass is 9.97. The van der Waals surface area contributed by atoms with E-state index in [-0.39, 0.29) is 17.0 Å². The lowest BCUT2D eigenvalue weighted by Gasteiger charge is -2.20. The summed E-state index contributed by atoms with van der Waals surface area (Å²) in [5.41, 5.74) is 0.334. The zero-order valence-electron chi connectivity index (χ0n) is 11.1. The fourth-order valence-corrected chi connectivity index (χ4v) is 2.35. The quantitative estimate of drug-likeness (QED) is 0.676. The first-order chi connectivity index (χ1) is 7.56. The van der Waals surface area contributed by atoms with Crippen LogP contribution in [0, 0.1) is 5.41 Å². The summed E-state index contributed by atoms with van der Waals surface area (Å²) in [5, 5.41) is 0. The third-order valence-electron chi connectivity index (χ3n) is 2.99. The maximum atomic E-state index is 2.51. The Bertz CT molecular complexity index is 351. The highest BCUT2D eigenvalue weighted by atomic mass is 79.9. The Hall–Kier alpha value is -0.570. The molecule has 0 aromatic carbocycles. The minimum atomic E-state index is 0. The van der Waals surface area contributed by atoms with Crippen molar-refractivity contribution in [3.8, 4) is 0 Å². The largest absolute Gasteiger partial charge is 1.00 e. The van der Waals surface area contributed by atoms with Crippen molar-refractivity contribution in [2.24, 2.45) is 5.41 Å². The summed E-state index contributed by atoms with van der Waals surface area (Å²) in [4.78, 5) is 2.51. The number of nitrogens with zero attached hydrogens (tertiary/aromatic N) is 2. The molecule has 0 spiro atoms. The van der Waals surface area contributed by atoms with Crippen molar-refractivity contribution in [3.05, 3.63) is 24.4 Å². The first kappa shape index (κ1) is 14.5. The van der Waals surface area contributed by atoms with Crippen LogP contribution >= 0.6 is 0 Å². The molecule has 1 saturated heterocycles. The Morgan fingerprint density at radius 1 is 1.18 bits per heavy atom. The van der Waals surface area contributed by atoms with Gasteiger partial charge in [-0.1, -0.05) is 26.8 Å². The molecule has 96 valence electrons. The molecule has 0 atom stereocenters. The van der Waals surface area contributed by atoms with Gasteiger partial charge in [-0.2, -0.15) is 0 Å². The molecule has 0 N–H and O–H groups in total. The Balaban J connectivity index is 0.00000144. The summed E-state index contributed by atoms with van der Waals surface area (Å²) in [6, 6.07) is 6.52. The van der Waals surface area contributed by atoms with E-state index in [2.05, 4.69) is 54.6 Å². The molecule has 0 aliphatic carbocycles. The first-order valence-electron chi connectivity index (χ1n) is 6.30. The molecule has 2 rings (SSSR count). The SMILES string of the molecule is CC(C)(C)C[n+]1ccccc1N1CCCC1.[Br-]. The second kappa shape index (κ2) is 5.85. The number of hydrogen-bond donors (Lipinski definition) is 0. The molecule has 1 aliphatic heterocycles. The van der Waals surface area contributed by atoms with Gasteiger partial charge in [0.2, 0.25) is 0 Å². The normalized spacial score (nSPS) is 15.8. The zero-order chi connectivity index (χ0) is 11.6.